The van der Waals surface area contributed by atoms with Crippen LogP contribution in [0.15, 0.2) is 0 Å². The third kappa shape index (κ3) is 5.41. The van der Waals surface area contributed by atoms with Crippen molar-refractivity contribution in [1.82, 2.24) is 14.7 Å². The van der Waals surface area contributed by atoms with E-state index in [9.17, 15) is 0 Å². The molecule has 0 unspecified atom stereocenters. The molecule has 0 saturated heterocycles. The minimum atomic E-state index is 0.584. The lowest BCUT2D eigenvalue weighted by atomic mass is 9.64. The van der Waals surface area contributed by atoms with Gasteiger partial charge in [0.2, 0.25) is 0 Å². The van der Waals surface area contributed by atoms with Crippen molar-refractivity contribution in [3.63, 3.8) is 0 Å². The van der Waals surface area contributed by atoms with Crippen LogP contribution in [0.3, 0.4) is 0 Å². The fourth-order valence-corrected chi connectivity index (χ4v) is 2.84. The number of hydrogen-bond acceptors (Lipinski definition) is 3. The molecule has 0 heterocycles. The summed E-state index contributed by atoms with van der Waals surface area (Å²) in [5.41, 5.74) is 0.584. The van der Waals surface area contributed by atoms with Gasteiger partial charge < -0.3 is 14.7 Å². The van der Waals surface area contributed by atoms with Gasteiger partial charge in [0.25, 0.3) is 0 Å². The van der Waals surface area contributed by atoms with E-state index in [1.165, 1.54) is 38.9 Å². The zero-order chi connectivity index (χ0) is 14.6. The van der Waals surface area contributed by atoms with E-state index in [0.717, 1.165) is 6.04 Å². The van der Waals surface area contributed by atoms with Crippen molar-refractivity contribution in [1.29, 1.82) is 0 Å². The van der Waals surface area contributed by atoms with Crippen molar-refractivity contribution >= 4 is 0 Å². The van der Waals surface area contributed by atoms with Crippen molar-refractivity contribution in [2.24, 2.45) is 5.41 Å². The van der Waals surface area contributed by atoms with Crippen LogP contribution >= 0.6 is 0 Å². The molecule has 0 atom stereocenters. The van der Waals surface area contributed by atoms with Gasteiger partial charge in [-0.2, -0.15) is 0 Å². The summed E-state index contributed by atoms with van der Waals surface area (Å²) in [6, 6.07) is 1.48. The molecule has 0 aromatic rings. The van der Waals surface area contributed by atoms with E-state index in [1.54, 1.807) is 0 Å². The van der Waals surface area contributed by atoms with E-state index in [1.807, 2.05) is 0 Å². The number of likely N-dealkylation sites (N-methyl/N-ethyl adjacent to an activating group) is 2. The van der Waals surface area contributed by atoms with E-state index in [2.05, 4.69) is 63.7 Å². The molecule has 0 bridgehead atoms. The van der Waals surface area contributed by atoms with E-state index < -0.39 is 0 Å². The van der Waals surface area contributed by atoms with Gasteiger partial charge in [-0.1, -0.05) is 6.92 Å². The van der Waals surface area contributed by atoms with Crippen molar-refractivity contribution in [3.05, 3.63) is 0 Å². The second-order valence-corrected chi connectivity index (χ2v) is 7.48. The maximum Gasteiger partial charge on any atom is 0.0109 e. The first-order valence-corrected chi connectivity index (χ1v) is 7.79. The molecule has 1 aliphatic rings. The van der Waals surface area contributed by atoms with Crippen LogP contribution in [0.5, 0.6) is 0 Å². The summed E-state index contributed by atoms with van der Waals surface area (Å²) >= 11 is 0. The maximum absolute atomic E-state index is 2.55. The second kappa shape index (κ2) is 7.05. The van der Waals surface area contributed by atoms with E-state index >= 15 is 0 Å². The molecule has 0 N–H and O–H groups in total. The summed E-state index contributed by atoms with van der Waals surface area (Å²) in [5, 5.41) is 0. The van der Waals surface area contributed by atoms with Crippen LogP contribution in [-0.4, -0.2) is 74.6 Å². The van der Waals surface area contributed by atoms with Crippen LogP contribution in [0.1, 0.15) is 40.0 Å². The highest BCUT2D eigenvalue weighted by atomic mass is 15.2. The molecule has 0 radical (unpaired) electrons. The van der Waals surface area contributed by atoms with Gasteiger partial charge in [-0.15, -0.1) is 0 Å². The number of nitrogens with zero attached hydrogens (tertiary/aromatic N) is 3. The average Bonchev–Trinajstić information content (AvgIpc) is 2.29. The molecule has 114 valence electrons. The third-order valence-electron chi connectivity index (χ3n) is 4.93. The standard InChI is InChI=1S/C16H35N3/c1-14(2)18(6)9-8-16(3)12-15(13-16)19(7)11-10-17(4)5/h14-15H,8-13H2,1-7H3. The monoisotopic (exact) mass is 269 g/mol. The zero-order valence-corrected chi connectivity index (χ0v) is 14.2. The van der Waals surface area contributed by atoms with E-state index in [0.29, 0.717) is 11.5 Å². The molecule has 1 rings (SSSR count). The quantitative estimate of drug-likeness (QED) is 0.670. The lowest BCUT2D eigenvalue weighted by Gasteiger charge is -2.50. The molecule has 0 amide bonds. The molecule has 0 spiro atoms. The van der Waals surface area contributed by atoms with Gasteiger partial charge in [-0.3, -0.25) is 0 Å². The Morgan fingerprint density at radius 3 is 2.05 bits per heavy atom. The van der Waals surface area contributed by atoms with Crippen molar-refractivity contribution in [3.8, 4) is 0 Å². The summed E-state index contributed by atoms with van der Waals surface area (Å²) in [4.78, 5) is 7.29. The lowest BCUT2D eigenvalue weighted by Crippen LogP contribution is -2.50. The summed E-state index contributed by atoms with van der Waals surface area (Å²) in [6.07, 6.45) is 4.10. The predicted molar refractivity (Wildman–Crippen MR) is 84.7 cm³/mol. The summed E-state index contributed by atoms with van der Waals surface area (Å²) in [6.45, 7) is 10.6. The highest BCUT2D eigenvalue weighted by Crippen LogP contribution is 2.45. The lowest BCUT2D eigenvalue weighted by molar-refractivity contribution is 0.0114. The first-order valence-electron chi connectivity index (χ1n) is 7.79. The summed E-state index contributed by atoms with van der Waals surface area (Å²) < 4.78 is 0. The Morgan fingerprint density at radius 2 is 1.58 bits per heavy atom. The Labute approximate surface area is 120 Å². The van der Waals surface area contributed by atoms with Crippen LogP contribution in [0, 0.1) is 5.41 Å². The fraction of sp³-hybridized carbons (Fsp3) is 1.00. The third-order valence-corrected chi connectivity index (χ3v) is 4.93. The van der Waals surface area contributed by atoms with Crippen molar-refractivity contribution in [2.75, 3.05) is 47.8 Å². The largest absolute Gasteiger partial charge is 0.308 e. The fourth-order valence-electron chi connectivity index (χ4n) is 2.84. The van der Waals surface area contributed by atoms with Crippen LogP contribution < -0.4 is 0 Å². The molecule has 3 heteroatoms. The van der Waals surface area contributed by atoms with Crippen LogP contribution in [-0.2, 0) is 0 Å². The summed E-state index contributed by atoms with van der Waals surface area (Å²) in [5.74, 6) is 0. The summed E-state index contributed by atoms with van der Waals surface area (Å²) in [7, 11) is 8.84. The van der Waals surface area contributed by atoms with E-state index in [4.69, 9.17) is 0 Å². The normalized spacial score (nSPS) is 27.6. The number of rotatable bonds is 8. The molecular formula is C16H35N3. The smallest absolute Gasteiger partial charge is 0.0109 e. The van der Waals surface area contributed by atoms with Gasteiger partial charge in [-0.05, 0) is 73.3 Å². The van der Waals surface area contributed by atoms with Crippen molar-refractivity contribution in [2.45, 2.75) is 52.1 Å². The van der Waals surface area contributed by atoms with Gasteiger partial charge in [0.05, 0.1) is 0 Å². The molecule has 1 saturated carbocycles. The minimum Gasteiger partial charge on any atom is -0.308 e. The maximum atomic E-state index is 2.55. The highest BCUT2D eigenvalue weighted by Gasteiger charge is 2.41. The molecule has 1 fully saturated rings. The molecular weight excluding hydrogens is 234 g/mol. The molecule has 0 aliphatic heterocycles. The topological polar surface area (TPSA) is 9.72 Å². The van der Waals surface area contributed by atoms with E-state index in [-0.39, 0.29) is 0 Å². The Balaban J connectivity index is 2.23. The van der Waals surface area contributed by atoms with Crippen LogP contribution in [0.4, 0.5) is 0 Å². The second-order valence-electron chi connectivity index (χ2n) is 7.48. The van der Waals surface area contributed by atoms with Gasteiger partial charge >= 0.3 is 0 Å². The van der Waals surface area contributed by atoms with Crippen molar-refractivity contribution < 1.29 is 0 Å². The Kier molecular flexibility index (Phi) is 6.28. The first-order chi connectivity index (χ1) is 8.73. The first kappa shape index (κ1) is 16.9. The molecule has 0 aromatic heterocycles. The van der Waals surface area contributed by atoms with Crippen LogP contribution in [0.2, 0.25) is 0 Å². The van der Waals surface area contributed by atoms with Gasteiger partial charge in [0.15, 0.2) is 0 Å². The molecule has 19 heavy (non-hydrogen) atoms. The average molecular weight is 269 g/mol. The zero-order valence-electron chi connectivity index (χ0n) is 14.2. The van der Waals surface area contributed by atoms with Crippen LogP contribution in [0.25, 0.3) is 0 Å². The molecule has 3 nitrogen and oxygen atoms in total. The van der Waals surface area contributed by atoms with Gasteiger partial charge in [-0.25, -0.2) is 0 Å². The predicted octanol–water partition coefficient (Wildman–Crippen LogP) is 2.38. The molecule has 1 aliphatic carbocycles. The highest BCUT2D eigenvalue weighted by molar-refractivity contribution is 4.95. The Bertz CT molecular complexity index is 257. The van der Waals surface area contributed by atoms with Gasteiger partial charge in [0.1, 0.15) is 0 Å². The number of hydrogen-bond donors (Lipinski definition) is 0. The minimum absolute atomic E-state index is 0.584. The SMILES string of the molecule is CC(C)N(C)CCC1(C)CC(N(C)CCN(C)C)C1. The Morgan fingerprint density at radius 1 is 1.00 bits per heavy atom. The Hall–Kier alpha value is -0.120. The van der Waals surface area contributed by atoms with Gasteiger partial charge in [0, 0.05) is 25.2 Å². The molecule has 0 aromatic carbocycles.